The predicted molar refractivity (Wildman–Crippen MR) is 109 cm³/mol. The number of amides is 1. The van der Waals surface area contributed by atoms with Crippen LogP contribution in [0.2, 0.25) is 0 Å². The van der Waals surface area contributed by atoms with E-state index in [1.165, 1.54) is 4.31 Å². The monoisotopic (exact) mass is 406 g/mol. The Hall–Kier alpha value is -2.74. The molecule has 0 spiro atoms. The molecule has 2 aromatic rings. The molecule has 0 saturated carbocycles. The molecule has 0 aromatic heterocycles. The van der Waals surface area contributed by atoms with E-state index >= 15 is 0 Å². The van der Waals surface area contributed by atoms with Gasteiger partial charge in [-0.05, 0) is 36.8 Å². The Morgan fingerprint density at radius 3 is 2.32 bits per heavy atom. The van der Waals surface area contributed by atoms with Crippen molar-refractivity contribution in [1.82, 2.24) is 5.32 Å². The summed E-state index contributed by atoms with van der Waals surface area (Å²) < 4.78 is 35.9. The van der Waals surface area contributed by atoms with E-state index < -0.39 is 10.0 Å². The summed E-state index contributed by atoms with van der Waals surface area (Å²) in [6.45, 7) is 0.574. The maximum atomic E-state index is 12.1. The van der Waals surface area contributed by atoms with Gasteiger partial charge in [0.15, 0.2) is 0 Å². The molecule has 0 fully saturated rings. The van der Waals surface area contributed by atoms with E-state index in [2.05, 4.69) is 5.32 Å². The molecule has 0 aliphatic heterocycles. The van der Waals surface area contributed by atoms with Gasteiger partial charge in [-0.15, -0.1) is 0 Å². The van der Waals surface area contributed by atoms with E-state index in [4.69, 9.17) is 9.47 Å². The molecule has 2 rings (SSSR count). The number of ether oxygens (including phenoxy) is 2. The van der Waals surface area contributed by atoms with Crippen molar-refractivity contribution in [3.8, 4) is 11.5 Å². The number of rotatable bonds is 10. The molecule has 0 heterocycles. The van der Waals surface area contributed by atoms with Crippen LogP contribution in [0.5, 0.6) is 11.5 Å². The quantitative estimate of drug-likeness (QED) is 0.656. The van der Waals surface area contributed by atoms with Crippen molar-refractivity contribution in [1.29, 1.82) is 0 Å². The minimum absolute atomic E-state index is 0.144. The first kappa shape index (κ1) is 21.6. The number of benzene rings is 2. The van der Waals surface area contributed by atoms with Crippen LogP contribution >= 0.6 is 0 Å². The van der Waals surface area contributed by atoms with Crippen LogP contribution in [0.15, 0.2) is 48.5 Å². The lowest BCUT2D eigenvalue weighted by molar-refractivity contribution is -0.121. The lowest BCUT2D eigenvalue weighted by Crippen LogP contribution is -2.32. The number of anilines is 1. The van der Waals surface area contributed by atoms with Gasteiger partial charge in [0.25, 0.3) is 0 Å². The molecule has 0 unspecified atom stereocenters. The highest BCUT2D eigenvalue weighted by molar-refractivity contribution is 7.92. The van der Waals surface area contributed by atoms with Crippen molar-refractivity contribution in [2.75, 3.05) is 31.3 Å². The molecule has 0 saturated heterocycles. The second kappa shape index (κ2) is 9.98. The Kier molecular flexibility index (Phi) is 7.69. The van der Waals surface area contributed by atoms with Gasteiger partial charge in [0.05, 0.1) is 26.2 Å². The van der Waals surface area contributed by atoms with Gasteiger partial charge in [-0.1, -0.05) is 18.2 Å². The summed E-state index contributed by atoms with van der Waals surface area (Å²) in [6, 6.07) is 14.2. The first-order valence-corrected chi connectivity index (χ1v) is 10.7. The zero-order chi connectivity index (χ0) is 20.6. The topological polar surface area (TPSA) is 84.9 Å². The molecule has 0 aliphatic rings. The van der Waals surface area contributed by atoms with Crippen LogP contribution in [0, 0.1) is 0 Å². The fourth-order valence-corrected chi connectivity index (χ4v) is 3.71. The van der Waals surface area contributed by atoms with E-state index in [1.807, 2.05) is 24.3 Å². The fraction of sp³-hybridized carbons (Fsp3) is 0.350. The Balaban J connectivity index is 1.90. The van der Waals surface area contributed by atoms with Crippen LogP contribution in [-0.4, -0.2) is 41.3 Å². The first-order valence-electron chi connectivity index (χ1n) is 8.85. The van der Waals surface area contributed by atoms with E-state index in [-0.39, 0.29) is 18.9 Å². The van der Waals surface area contributed by atoms with Gasteiger partial charge in [-0.2, -0.15) is 0 Å². The number of nitrogens with one attached hydrogen (secondary N) is 1. The standard InChI is InChI=1S/C20H26N2O5S/c1-26-18-12-10-17(11-13-18)22(28(3,24)25)14-6-9-20(23)21-15-16-7-4-5-8-19(16)27-2/h4-5,7-8,10-13H,6,9,14-15H2,1-3H3,(H,21,23). The summed E-state index contributed by atoms with van der Waals surface area (Å²) in [5.74, 6) is 1.22. The highest BCUT2D eigenvalue weighted by Crippen LogP contribution is 2.22. The average Bonchev–Trinajstić information content (AvgIpc) is 2.69. The molecule has 2 aromatic carbocycles. The molecular formula is C20H26N2O5S. The number of sulfonamides is 1. The Morgan fingerprint density at radius 1 is 1.04 bits per heavy atom. The first-order chi connectivity index (χ1) is 13.3. The molecule has 28 heavy (non-hydrogen) atoms. The second-order valence-corrected chi connectivity index (χ2v) is 8.13. The number of para-hydroxylation sites is 1. The third kappa shape index (κ3) is 6.16. The molecule has 0 bridgehead atoms. The van der Waals surface area contributed by atoms with Crippen molar-refractivity contribution >= 4 is 21.6 Å². The van der Waals surface area contributed by atoms with Crippen molar-refractivity contribution < 1.29 is 22.7 Å². The van der Waals surface area contributed by atoms with Gasteiger partial charge in [-0.25, -0.2) is 8.42 Å². The smallest absolute Gasteiger partial charge is 0.232 e. The number of carbonyl (C=O) groups is 1. The Labute approximate surface area is 166 Å². The van der Waals surface area contributed by atoms with Gasteiger partial charge < -0.3 is 14.8 Å². The fourth-order valence-electron chi connectivity index (χ4n) is 2.75. The summed E-state index contributed by atoms with van der Waals surface area (Å²) >= 11 is 0. The number of hydrogen-bond acceptors (Lipinski definition) is 5. The average molecular weight is 407 g/mol. The summed E-state index contributed by atoms with van der Waals surface area (Å²) in [6.07, 6.45) is 1.77. The molecule has 0 aliphatic carbocycles. The lowest BCUT2D eigenvalue weighted by atomic mass is 10.2. The molecule has 1 amide bonds. The van der Waals surface area contributed by atoms with Crippen LogP contribution < -0.4 is 19.1 Å². The van der Waals surface area contributed by atoms with Crippen LogP contribution in [0.25, 0.3) is 0 Å². The van der Waals surface area contributed by atoms with Crippen molar-refractivity contribution in [2.24, 2.45) is 0 Å². The summed E-state index contributed by atoms with van der Waals surface area (Å²) in [4.78, 5) is 12.1. The minimum Gasteiger partial charge on any atom is -0.497 e. The molecular weight excluding hydrogens is 380 g/mol. The van der Waals surface area contributed by atoms with Gasteiger partial charge in [0.1, 0.15) is 11.5 Å². The molecule has 7 nitrogen and oxygen atoms in total. The van der Waals surface area contributed by atoms with E-state index in [0.29, 0.717) is 30.2 Å². The van der Waals surface area contributed by atoms with Crippen LogP contribution in [0.3, 0.4) is 0 Å². The van der Waals surface area contributed by atoms with E-state index in [0.717, 1.165) is 11.8 Å². The molecule has 8 heteroatoms. The number of nitrogens with zero attached hydrogens (tertiary/aromatic N) is 1. The van der Waals surface area contributed by atoms with Gasteiger partial charge >= 0.3 is 0 Å². The number of carbonyl (C=O) groups excluding carboxylic acids is 1. The second-order valence-electron chi connectivity index (χ2n) is 6.23. The largest absolute Gasteiger partial charge is 0.497 e. The summed E-state index contributed by atoms with van der Waals surface area (Å²) in [5.41, 5.74) is 1.42. The zero-order valence-electron chi connectivity index (χ0n) is 16.3. The Morgan fingerprint density at radius 2 is 1.71 bits per heavy atom. The third-order valence-corrected chi connectivity index (χ3v) is 5.39. The maximum absolute atomic E-state index is 12.1. The molecule has 1 N–H and O–H groups in total. The van der Waals surface area contributed by atoms with Crippen LogP contribution in [0.4, 0.5) is 5.69 Å². The van der Waals surface area contributed by atoms with Crippen molar-refractivity contribution in [2.45, 2.75) is 19.4 Å². The van der Waals surface area contributed by atoms with E-state index in [9.17, 15) is 13.2 Å². The van der Waals surface area contributed by atoms with Crippen molar-refractivity contribution in [3.63, 3.8) is 0 Å². The highest BCUT2D eigenvalue weighted by atomic mass is 32.2. The van der Waals surface area contributed by atoms with Gasteiger partial charge in [0, 0.05) is 25.1 Å². The molecule has 0 atom stereocenters. The molecule has 152 valence electrons. The zero-order valence-corrected chi connectivity index (χ0v) is 17.2. The number of methoxy groups -OCH3 is 2. The van der Waals surface area contributed by atoms with E-state index in [1.54, 1.807) is 38.5 Å². The maximum Gasteiger partial charge on any atom is 0.232 e. The third-order valence-electron chi connectivity index (χ3n) is 4.19. The van der Waals surface area contributed by atoms with Gasteiger partial charge in [0.2, 0.25) is 15.9 Å². The normalized spacial score (nSPS) is 11.0. The lowest BCUT2D eigenvalue weighted by Gasteiger charge is -2.22. The Bertz CT molecular complexity index is 882. The van der Waals surface area contributed by atoms with Crippen LogP contribution in [-0.2, 0) is 21.4 Å². The predicted octanol–water partition coefficient (Wildman–Crippen LogP) is 2.57. The van der Waals surface area contributed by atoms with Gasteiger partial charge in [-0.3, -0.25) is 9.10 Å². The summed E-state index contributed by atoms with van der Waals surface area (Å²) in [7, 11) is -0.324. The minimum atomic E-state index is -3.46. The highest BCUT2D eigenvalue weighted by Gasteiger charge is 2.17. The van der Waals surface area contributed by atoms with Crippen molar-refractivity contribution in [3.05, 3.63) is 54.1 Å². The summed E-state index contributed by atoms with van der Waals surface area (Å²) in [5, 5.41) is 2.84. The van der Waals surface area contributed by atoms with Crippen LogP contribution in [0.1, 0.15) is 18.4 Å². The number of hydrogen-bond donors (Lipinski definition) is 1. The SMILES string of the molecule is COc1ccc(N(CCCC(=O)NCc2ccccc2OC)S(C)(=O)=O)cc1. The molecule has 0 radical (unpaired) electrons.